The van der Waals surface area contributed by atoms with Crippen LogP contribution >= 0.6 is 11.6 Å². The fraction of sp³-hybridized carbons (Fsp3) is 0.294. The van der Waals surface area contributed by atoms with Gasteiger partial charge in [-0.3, -0.25) is 4.79 Å². The van der Waals surface area contributed by atoms with Crippen molar-refractivity contribution in [3.8, 4) is 5.75 Å². The normalized spacial score (nSPS) is 10.2. The summed E-state index contributed by atoms with van der Waals surface area (Å²) >= 11 is 6.00. The molecule has 1 amide bonds. The monoisotopic (exact) mass is 333 g/mol. The van der Waals surface area contributed by atoms with E-state index in [0.717, 1.165) is 18.5 Å². The lowest BCUT2D eigenvalue weighted by Gasteiger charge is -2.11. The summed E-state index contributed by atoms with van der Waals surface area (Å²) < 4.78 is 5.28. The van der Waals surface area contributed by atoms with Gasteiger partial charge in [0, 0.05) is 11.4 Å². The molecule has 0 aliphatic rings. The minimum absolute atomic E-state index is 0.00543. The zero-order valence-corrected chi connectivity index (χ0v) is 14.0. The summed E-state index contributed by atoms with van der Waals surface area (Å²) in [7, 11) is 1.59. The second-order valence-corrected chi connectivity index (χ2v) is 5.49. The number of amides is 1. The summed E-state index contributed by atoms with van der Waals surface area (Å²) in [6.07, 6.45) is 4.02. The summed E-state index contributed by atoms with van der Waals surface area (Å²) in [6, 6.07) is 8.90. The van der Waals surface area contributed by atoms with Crippen LogP contribution in [0.25, 0.3) is 0 Å². The van der Waals surface area contributed by atoms with Gasteiger partial charge in [0.05, 0.1) is 24.7 Å². The molecule has 2 rings (SSSR count). The molecule has 6 heteroatoms. The minimum atomic E-state index is 0.00543. The lowest BCUT2D eigenvalue weighted by atomic mass is 10.2. The smallest absolute Gasteiger partial charge is 0.224 e. The number of methoxy groups -OCH3 is 1. The average Bonchev–Trinajstić information content (AvgIpc) is 2.55. The number of benzene rings is 1. The molecule has 1 aromatic heterocycles. The van der Waals surface area contributed by atoms with E-state index in [0.29, 0.717) is 28.7 Å². The van der Waals surface area contributed by atoms with E-state index in [9.17, 15) is 4.79 Å². The standard InChI is InChI=1S/C17H20ClN3O2/c1-3-4-5-17(22)20-13-7-9-16(19-11-13)21-14-10-12(18)6-8-15(14)23-2/h6-11H,3-5H2,1-2H3,(H,19,21)(H,20,22). The SMILES string of the molecule is CCCCC(=O)Nc1ccc(Nc2cc(Cl)ccc2OC)nc1. The molecule has 0 spiro atoms. The van der Waals surface area contributed by atoms with Crippen molar-refractivity contribution in [2.75, 3.05) is 17.7 Å². The Morgan fingerprint density at radius 1 is 1.30 bits per heavy atom. The zero-order valence-electron chi connectivity index (χ0n) is 13.2. The number of carbonyl (C=O) groups is 1. The number of nitrogens with zero attached hydrogens (tertiary/aromatic N) is 1. The van der Waals surface area contributed by atoms with Crippen molar-refractivity contribution in [1.29, 1.82) is 0 Å². The Labute approximate surface area is 141 Å². The van der Waals surface area contributed by atoms with Gasteiger partial charge in [-0.05, 0) is 36.8 Å². The van der Waals surface area contributed by atoms with Gasteiger partial charge >= 0.3 is 0 Å². The highest BCUT2D eigenvalue weighted by molar-refractivity contribution is 6.31. The third kappa shape index (κ3) is 5.14. The molecule has 122 valence electrons. The average molecular weight is 334 g/mol. The molecule has 0 atom stereocenters. The van der Waals surface area contributed by atoms with E-state index in [1.807, 2.05) is 0 Å². The van der Waals surface area contributed by atoms with E-state index in [2.05, 4.69) is 22.5 Å². The molecule has 1 aromatic carbocycles. The quantitative estimate of drug-likeness (QED) is 0.776. The van der Waals surface area contributed by atoms with Gasteiger partial charge < -0.3 is 15.4 Å². The number of halogens is 1. The Bertz CT molecular complexity index is 659. The molecule has 0 bridgehead atoms. The fourth-order valence-electron chi connectivity index (χ4n) is 2.02. The van der Waals surface area contributed by atoms with Gasteiger partial charge in [0.1, 0.15) is 11.6 Å². The van der Waals surface area contributed by atoms with Gasteiger partial charge in [0.2, 0.25) is 5.91 Å². The first-order valence-corrected chi connectivity index (χ1v) is 7.86. The molecule has 0 aliphatic carbocycles. The van der Waals surface area contributed by atoms with Crippen molar-refractivity contribution in [2.24, 2.45) is 0 Å². The summed E-state index contributed by atoms with van der Waals surface area (Å²) in [5.41, 5.74) is 1.40. The lowest BCUT2D eigenvalue weighted by molar-refractivity contribution is -0.116. The summed E-state index contributed by atoms with van der Waals surface area (Å²) in [4.78, 5) is 16.0. The predicted octanol–water partition coefficient (Wildman–Crippen LogP) is 4.62. The molecule has 0 radical (unpaired) electrons. The first-order chi connectivity index (χ1) is 11.1. The van der Waals surface area contributed by atoms with Gasteiger partial charge in [0.15, 0.2) is 0 Å². The summed E-state index contributed by atoms with van der Waals surface area (Å²) in [5, 5.41) is 6.58. The van der Waals surface area contributed by atoms with Crippen molar-refractivity contribution in [2.45, 2.75) is 26.2 Å². The number of nitrogens with one attached hydrogen (secondary N) is 2. The van der Waals surface area contributed by atoms with E-state index in [1.54, 1.807) is 43.6 Å². The Morgan fingerprint density at radius 2 is 2.13 bits per heavy atom. The topological polar surface area (TPSA) is 63.2 Å². The Balaban J connectivity index is 2.03. The van der Waals surface area contributed by atoms with Crippen molar-refractivity contribution in [3.63, 3.8) is 0 Å². The summed E-state index contributed by atoms with van der Waals surface area (Å²) in [6.45, 7) is 2.05. The van der Waals surface area contributed by atoms with Crippen molar-refractivity contribution >= 4 is 34.7 Å². The van der Waals surface area contributed by atoms with Crippen LogP contribution in [0.15, 0.2) is 36.5 Å². The second-order valence-electron chi connectivity index (χ2n) is 5.05. The first kappa shape index (κ1) is 17.1. The van der Waals surface area contributed by atoms with Gasteiger partial charge in [-0.1, -0.05) is 24.9 Å². The first-order valence-electron chi connectivity index (χ1n) is 7.49. The van der Waals surface area contributed by atoms with Gasteiger partial charge in [-0.15, -0.1) is 0 Å². The van der Waals surface area contributed by atoms with Gasteiger partial charge in [-0.25, -0.2) is 4.98 Å². The largest absolute Gasteiger partial charge is 0.495 e. The Kier molecular flexibility index (Phi) is 6.23. The second kappa shape index (κ2) is 8.39. The van der Waals surface area contributed by atoms with Crippen molar-refractivity contribution in [3.05, 3.63) is 41.6 Å². The van der Waals surface area contributed by atoms with E-state index in [1.165, 1.54) is 0 Å². The molecule has 0 saturated heterocycles. The number of rotatable bonds is 7. The molecule has 5 nitrogen and oxygen atoms in total. The number of pyridine rings is 1. The molecule has 0 saturated carbocycles. The highest BCUT2D eigenvalue weighted by atomic mass is 35.5. The molecular formula is C17H20ClN3O2. The van der Waals surface area contributed by atoms with Crippen LogP contribution in [-0.4, -0.2) is 18.0 Å². The van der Waals surface area contributed by atoms with Crippen LogP contribution in [0.4, 0.5) is 17.2 Å². The van der Waals surface area contributed by atoms with E-state index < -0.39 is 0 Å². The highest BCUT2D eigenvalue weighted by Gasteiger charge is 2.06. The Hall–Kier alpha value is -2.27. The highest BCUT2D eigenvalue weighted by Crippen LogP contribution is 2.30. The number of carbonyl (C=O) groups excluding carboxylic acids is 1. The number of anilines is 3. The van der Waals surface area contributed by atoms with Crippen molar-refractivity contribution in [1.82, 2.24) is 4.98 Å². The third-order valence-electron chi connectivity index (χ3n) is 3.23. The predicted molar refractivity (Wildman–Crippen MR) is 93.7 cm³/mol. The number of ether oxygens (including phenoxy) is 1. The number of hydrogen-bond acceptors (Lipinski definition) is 4. The van der Waals surface area contributed by atoms with Gasteiger partial charge in [-0.2, -0.15) is 0 Å². The molecule has 23 heavy (non-hydrogen) atoms. The number of unbranched alkanes of at least 4 members (excludes halogenated alkanes) is 1. The zero-order chi connectivity index (χ0) is 16.7. The molecule has 2 N–H and O–H groups in total. The van der Waals surface area contributed by atoms with E-state index in [-0.39, 0.29) is 5.91 Å². The van der Waals surface area contributed by atoms with Crippen LogP contribution < -0.4 is 15.4 Å². The van der Waals surface area contributed by atoms with E-state index >= 15 is 0 Å². The maximum absolute atomic E-state index is 11.7. The van der Waals surface area contributed by atoms with Gasteiger partial charge in [0.25, 0.3) is 0 Å². The van der Waals surface area contributed by atoms with Crippen LogP contribution in [0.2, 0.25) is 5.02 Å². The Morgan fingerprint density at radius 3 is 2.78 bits per heavy atom. The van der Waals surface area contributed by atoms with Crippen LogP contribution in [-0.2, 0) is 4.79 Å². The lowest BCUT2D eigenvalue weighted by Crippen LogP contribution is -2.11. The maximum Gasteiger partial charge on any atom is 0.224 e. The summed E-state index contributed by atoms with van der Waals surface area (Å²) in [5.74, 6) is 1.32. The molecule has 0 aliphatic heterocycles. The maximum atomic E-state index is 11.7. The minimum Gasteiger partial charge on any atom is -0.495 e. The van der Waals surface area contributed by atoms with E-state index in [4.69, 9.17) is 16.3 Å². The van der Waals surface area contributed by atoms with Crippen LogP contribution in [0, 0.1) is 0 Å². The fourth-order valence-corrected chi connectivity index (χ4v) is 2.19. The number of hydrogen-bond donors (Lipinski definition) is 2. The van der Waals surface area contributed by atoms with Crippen LogP contribution in [0.3, 0.4) is 0 Å². The van der Waals surface area contributed by atoms with Crippen LogP contribution in [0.5, 0.6) is 5.75 Å². The molecule has 2 aromatic rings. The van der Waals surface area contributed by atoms with Crippen molar-refractivity contribution < 1.29 is 9.53 Å². The number of aromatic nitrogens is 1. The van der Waals surface area contributed by atoms with Crippen LogP contribution in [0.1, 0.15) is 26.2 Å². The molecule has 0 unspecified atom stereocenters. The molecular weight excluding hydrogens is 314 g/mol. The molecule has 1 heterocycles. The molecule has 0 fully saturated rings. The third-order valence-corrected chi connectivity index (χ3v) is 3.46.